The first kappa shape index (κ1) is 15.3. The van der Waals surface area contributed by atoms with E-state index in [0.29, 0.717) is 16.5 Å². The van der Waals surface area contributed by atoms with Crippen molar-refractivity contribution in [2.45, 2.75) is 13.0 Å². The van der Waals surface area contributed by atoms with E-state index in [0.717, 1.165) is 5.56 Å². The van der Waals surface area contributed by atoms with Crippen LogP contribution in [-0.4, -0.2) is 34.9 Å². The van der Waals surface area contributed by atoms with E-state index in [1.54, 1.807) is 25.2 Å². The lowest BCUT2D eigenvalue weighted by Crippen LogP contribution is -2.30. The van der Waals surface area contributed by atoms with Gasteiger partial charge in [-0.25, -0.2) is 4.98 Å². The first-order chi connectivity index (χ1) is 10.0. The van der Waals surface area contributed by atoms with Crippen LogP contribution in [-0.2, 0) is 0 Å². The van der Waals surface area contributed by atoms with Gasteiger partial charge in [0, 0.05) is 19.1 Å². The highest BCUT2D eigenvalue weighted by molar-refractivity contribution is 6.31. The molecule has 1 N–H and O–H groups in total. The fourth-order valence-electron chi connectivity index (χ4n) is 1.97. The van der Waals surface area contributed by atoms with Crippen LogP contribution < -0.4 is 5.32 Å². The van der Waals surface area contributed by atoms with Crippen molar-refractivity contribution in [2.24, 2.45) is 0 Å². The van der Waals surface area contributed by atoms with Gasteiger partial charge >= 0.3 is 0 Å². The van der Waals surface area contributed by atoms with Gasteiger partial charge in [-0.05, 0) is 18.6 Å². The molecule has 6 heteroatoms. The van der Waals surface area contributed by atoms with Gasteiger partial charge in [-0.2, -0.15) is 0 Å². The summed E-state index contributed by atoms with van der Waals surface area (Å²) < 4.78 is 0. The standard InChI is InChI=1S/C15H17ClN4O/c1-10(11-6-4-5-7-12(11)16)20(3)15(21)13-8-18-9-14(17-2)19-13/h4-10H,1-3H3,(H,17,19). The van der Waals surface area contributed by atoms with Gasteiger partial charge in [-0.1, -0.05) is 29.8 Å². The Hall–Kier alpha value is -2.14. The SMILES string of the molecule is CNc1cncc(C(=O)N(C)C(C)c2ccccc2Cl)n1. The minimum atomic E-state index is -0.202. The predicted octanol–water partition coefficient (Wildman–Crippen LogP) is 3.00. The molecular weight excluding hydrogens is 288 g/mol. The molecule has 0 aliphatic rings. The molecule has 0 saturated carbocycles. The Morgan fingerprint density at radius 3 is 2.71 bits per heavy atom. The lowest BCUT2D eigenvalue weighted by atomic mass is 10.1. The summed E-state index contributed by atoms with van der Waals surface area (Å²) in [6.45, 7) is 1.93. The summed E-state index contributed by atoms with van der Waals surface area (Å²) in [7, 11) is 3.46. The van der Waals surface area contributed by atoms with E-state index >= 15 is 0 Å². The summed E-state index contributed by atoms with van der Waals surface area (Å²) in [5.74, 6) is 0.353. The molecule has 1 amide bonds. The molecule has 21 heavy (non-hydrogen) atoms. The van der Waals surface area contributed by atoms with Crippen molar-refractivity contribution in [3.63, 3.8) is 0 Å². The van der Waals surface area contributed by atoms with E-state index in [1.165, 1.54) is 6.20 Å². The van der Waals surface area contributed by atoms with Crippen molar-refractivity contribution < 1.29 is 4.79 Å². The first-order valence-electron chi connectivity index (χ1n) is 6.56. The summed E-state index contributed by atoms with van der Waals surface area (Å²) in [5.41, 5.74) is 1.19. The predicted molar refractivity (Wildman–Crippen MR) is 83.5 cm³/mol. The van der Waals surface area contributed by atoms with Crippen LogP contribution in [0.25, 0.3) is 0 Å². The Morgan fingerprint density at radius 1 is 1.33 bits per heavy atom. The van der Waals surface area contributed by atoms with Crippen LogP contribution in [0.2, 0.25) is 5.02 Å². The fourth-order valence-corrected chi connectivity index (χ4v) is 2.26. The maximum Gasteiger partial charge on any atom is 0.274 e. The summed E-state index contributed by atoms with van der Waals surface area (Å²) in [6.07, 6.45) is 3.02. The highest BCUT2D eigenvalue weighted by Gasteiger charge is 2.21. The Labute approximate surface area is 129 Å². The van der Waals surface area contributed by atoms with Crippen molar-refractivity contribution in [3.8, 4) is 0 Å². The number of carbonyl (C=O) groups excluding carboxylic acids is 1. The molecule has 5 nitrogen and oxygen atoms in total. The molecule has 0 fully saturated rings. The smallest absolute Gasteiger partial charge is 0.274 e. The van der Waals surface area contributed by atoms with Crippen LogP contribution in [0.3, 0.4) is 0 Å². The zero-order chi connectivity index (χ0) is 15.4. The zero-order valence-corrected chi connectivity index (χ0v) is 12.9. The van der Waals surface area contributed by atoms with Crippen molar-refractivity contribution in [1.82, 2.24) is 14.9 Å². The van der Waals surface area contributed by atoms with Crippen molar-refractivity contribution >= 4 is 23.3 Å². The molecular formula is C15H17ClN4O. The van der Waals surface area contributed by atoms with Gasteiger partial charge in [0.1, 0.15) is 11.5 Å². The minimum Gasteiger partial charge on any atom is -0.372 e. The monoisotopic (exact) mass is 304 g/mol. The average molecular weight is 305 g/mol. The molecule has 2 rings (SSSR count). The largest absolute Gasteiger partial charge is 0.372 e. The van der Waals surface area contributed by atoms with Gasteiger partial charge < -0.3 is 10.2 Å². The van der Waals surface area contributed by atoms with Gasteiger partial charge in [0.15, 0.2) is 0 Å². The van der Waals surface area contributed by atoms with Crippen LogP contribution in [0, 0.1) is 0 Å². The quantitative estimate of drug-likeness (QED) is 0.943. The van der Waals surface area contributed by atoms with Crippen molar-refractivity contribution in [2.75, 3.05) is 19.4 Å². The van der Waals surface area contributed by atoms with E-state index in [9.17, 15) is 4.79 Å². The minimum absolute atomic E-state index is 0.161. The zero-order valence-electron chi connectivity index (χ0n) is 12.2. The number of amides is 1. The van der Waals surface area contributed by atoms with Gasteiger partial charge in [0.25, 0.3) is 5.91 Å². The molecule has 0 bridgehead atoms. The highest BCUT2D eigenvalue weighted by atomic mass is 35.5. The van der Waals surface area contributed by atoms with Crippen LogP contribution in [0.4, 0.5) is 5.82 Å². The first-order valence-corrected chi connectivity index (χ1v) is 6.93. The number of hydrogen-bond acceptors (Lipinski definition) is 4. The fraction of sp³-hybridized carbons (Fsp3) is 0.267. The van der Waals surface area contributed by atoms with Gasteiger partial charge in [-0.3, -0.25) is 9.78 Å². The molecule has 1 atom stereocenters. The average Bonchev–Trinajstić information content (AvgIpc) is 2.53. The molecule has 0 radical (unpaired) electrons. The summed E-state index contributed by atoms with van der Waals surface area (Å²) in [5, 5.41) is 3.50. The molecule has 1 aromatic heterocycles. The molecule has 0 saturated heterocycles. The normalized spacial score (nSPS) is 11.8. The van der Waals surface area contributed by atoms with E-state index in [-0.39, 0.29) is 11.9 Å². The number of carbonyl (C=O) groups is 1. The van der Waals surface area contributed by atoms with Crippen LogP contribution >= 0.6 is 11.6 Å². The third kappa shape index (κ3) is 3.31. The Bertz CT molecular complexity index is 647. The number of hydrogen-bond donors (Lipinski definition) is 1. The topological polar surface area (TPSA) is 58.1 Å². The summed E-state index contributed by atoms with van der Waals surface area (Å²) in [4.78, 5) is 22.3. The van der Waals surface area contributed by atoms with E-state index in [1.807, 2.05) is 31.2 Å². The number of nitrogens with zero attached hydrogens (tertiary/aromatic N) is 3. The summed E-state index contributed by atoms with van der Waals surface area (Å²) >= 11 is 6.19. The molecule has 0 aliphatic carbocycles. The van der Waals surface area contributed by atoms with E-state index in [2.05, 4.69) is 15.3 Å². The number of anilines is 1. The van der Waals surface area contributed by atoms with Crippen LogP contribution in [0.5, 0.6) is 0 Å². The van der Waals surface area contributed by atoms with Gasteiger partial charge in [0.2, 0.25) is 0 Å². The van der Waals surface area contributed by atoms with E-state index in [4.69, 9.17) is 11.6 Å². The summed E-state index contributed by atoms with van der Waals surface area (Å²) in [6, 6.07) is 7.32. The second-order valence-corrected chi connectivity index (χ2v) is 5.06. The lowest BCUT2D eigenvalue weighted by molar-refractivity contribution is 0.0736. The third-order valence-corrected chi connectivity index (χ3v) is 3.71. The number of nitrogens with one attached hydrogen (secondary N) is 1. The maximum atomic E-state index is 12.5. The second kappa shape index (κ2) is 6.54. The van der Waals surface area contributed by atoms with Crippen LogP contribution in [0.15, 0.2) is 36.7 Å². The maximum absolute atomic E-state index is 12.5. The molecule has 110 valence electrons. The molecule has 1 aromatic carbocycles. The highest BCUT2D eigenvalue weighted by Crippen LogP contribution is 2.26. The number of rotatable bonds is 4. The van der Waals surface area contributed by atoms with Gasteiger partial charge in [-0.15, -0.1) is 0 Å². The number of aromatic nitrogens is 2. The number of halogens is 1. The number of benzene rings is 1. The molecule has 1 unspecified atom stereocenters. The Kier molecular flexibility index (Phi) is 4.75. The Morgan fingerprint density at radius 2 is 2.05 bits per heavy atom. The molecule has 1 heterocycles. The molecule has 0 aliphatic heterocycles. The second-order valence-electron chi connectivity index (χ2n) is 4.65. The lowest BCUT2D eigenvalue weighted by Gasteiger charge is -2.25. The van der Waals surface area contributed by atoms with E-state index < -0.39 is 0 Å². The third-order valence-electron chi connectivity index (χ3n) is 3.37. The van der Waals surface area contributed by atoms with Gasteiger partial charge in [0.05, 0.1) is 18.4 Å². The van der Waals surface area contributed by atoms with Crippen molar-refractivity contribution in [1.29, 1.82) is 0 Å². The molecule has 0 spiro atoms. The Balaban J connectivity index is 2.24. The van der Waals surface area contributed by atoms with Crippen molar-refractivity contribution in [3.05, 3.63) is 52.9 Å². The van der Waals surface area contributed by atoms with Crippen LogP contribution in [0.1, 0.15) is 29.0 Å². The molecule has 2 aromatic rings.